The maximum Gasteiger partial charge on any atom is 0.191 e. The smallest absolute Gasteiger partial charge is 0.191 e. The summed E-state index contributed by atoms with van der Waals surface area (Å²) in [4.78, 5) is 6.38. The molecule has 1 aromatic carbocycles. The van der Waals surface area contributed by atoms with E-state index >= 15 is 0 Å². The first-order valence-electron chi connectivity index (χ1n) is 7.62. The van der Waals surface area contributed by atoms with Crippen LogP contribution < -0.4 is 10.6 Å². The van der Waals surface area contributed by atoms with E-state index < -0.39 is 0 Å². The van der Waals surface area contributed by atoms with Gasteiger partial charge in [-0.3, -0.25) is 4.99 Å². The highest BCUT2D eigenvalue weighted by molar-refractivity contribution is 14.0. The second-order valence-electron chi connectivity index (χ2n) is 5.24. The van der Waals surface area contributed by atoms with Crippen LogP contribution in [0.1, 0.15) is 12.0 Å². The molecule has 8 heteroatoms. The lowest BCUT2D eigenvalue weighted by Crippen LogP contribution is -2.40. The maximum absolute atomic E-state index is 13.7. The molecule has 0 atom stereocenters. The van der Waals surface area contributed by atoms with Gasteiger partial charge < -0.3 is 20.3 Å². The van der Waals surface area contributed by atoms with Crippen LogP contribution in [-0.4, -0.2) is 58.3 Å². The van der Waals surface area contributed by atoms with Crippen LogP contribution in [-0.2, 0) is 11.3 Å². The first kappa shape index (κ1) is 23.5. The molecule has 0 spiro atoms. The molecule has 5 nitrogen and oxygen atoms in total. The zero-order valence-corrected chi connectivity index (χ0v) is 18.4. The molecule has 2 N–H and O–H groups in total. The molecule has 0 unspecified atom stereocenters. The Hall–Kier alpha value is -0.450. The predicted molar refractivity (Wildman–Crippen MR) is 112 cm³/mol. The van der Waals surface area contributed by atoms with Crippen LogP contribution in [0.15, 0.2) is 27.7 Å². The average molecular weight is 517 g/mol. The monoisotopic (exact) mass is 516 g/mol. The van der Waals surface area contributed by atoms with Gasteiger partial charge in [0.1, 0.15) is 5.82 Å². The van der Waals surface area contributed by atoms with E-state index in [4.69, 9.17) is 4.74 Å². The van der Waals surface area contributed by atoms with E-state index in [1.165, 1.54) is 6.07 Å². The molecule has 0 aromatic heterocycles. The standard InChI is InChI=1S/C16H26BrFN4O.HI/c1-19-16(20-7-9-22(2)8-4-10-23-3)21-12-13-11-14(17)5-6-15(13)18;/h5-6,11H,4,7-10,12H2,1-3H3,(H2,19,20,21);1H. The highest BCUT2D eigenvalue weighted by Gasteiger charge is 2.05. The molecule has 1 rings (SSSR count). The second kappa shape index (κ2) is 13.8. The third kappa shape index (κ3) is 9.75. The predicted octanol–water partition coefficient (Wildman–Crippen LogP) is 2.84. The first-order valence-corrected chi connectivity index (χ1v) is 8.42. The SMILES string of the molecule is CN=C(NCCN(C)CCCOC)NCc1cc(Br)ccc1F.I. The number of ether oxygens (including phenoxy) is 1. The summed E-state index contributed by atoms with van der Waals surface area (Å²) in [5.41, 5.74) is 0.596. The Morgan fingerprint density at radius 3 is 2.75 bits per heavy atom. The summed E-state index contributed by atoms with van der Waals surface area (Å²) >= 11 is 3.35. The van der Waals surface area contributed by atoms with Crippen molar-refractivity contribution in [2.24, 2.45) is 4.99 Å². The van der Waals surface area contributed by atoms with E-state index in [1.54, 1.807) is 26.3 Å². The summed E-state index contributed by atoms with van der Waals surface area (Å²) in [7, 11) is 5.49. The minimum absolute atomic E-state index is 0. The van der Waals surface area contributed by atoms with Crippen molar-refractivity contribution in [1.29, 1.82) is 0 Å². The van der Waals surface area contributed by atoms with E-state index in [0.717, 1.165) is 37.1 Å². The molecule has 0 fully saturated rings. The number of nitrogens with zero attached hydrogens (tertiary/aromatic N) is 2. The largest absolute Gasteiger partial charge is 0.385 e. The van der Waals surface area contributed by atoms with Crippen LogP contribution >= 0.6 is 39.9 Å². The molecule has 0 amide bonds. The van der Waals surface area contributed by atoms with Crippen molar-refractivity contribution in [2.75, 3.05) is 47.4 Å². The molecule has 1 aromatic rings. The third-order valence-electron chi connectivity index (χ3n) is 3.35. The van der Waals surface area contributed by atoms with Crippen LogP contribution in [0, 0.1) is 5.82 Å². The normalized spacial score (nSPS) is 11.3. The number of hydrogen-bond donors (Lipinski definition) is 2. The second-order valence-corrected chi connectivity index (χ2v) is 6.15. The molecule has 0 bridgehead atoms. The van der Waals surface area contributed by atoms with Gasteiger partial charge in [-0.2, -0.15) is 0 Å². The molecule has 0 saturated carbocycles. The van der Waals surface area contributed by atoms with Crippen molar-refractivity contribution in [3.63, 3.8) is 0 Å². The van der Waals surface area contributed by atoms with Gasteiger partial charge in [0.05, 0.1) is 0 Å². The Morgan fingerprint density at radius 1 is 1.33 bits per heavy atom. The number of likely N-dealkylation sites (N-methyl/N-ethyl adjacent to an activating group) is 1. The van der Waals surface area contributed by atoms with Crippen molar-refractivity contribution in [3.8, 4) is 0 Å². The van der Waals surface area contributed by atoms with Crippen molar-refractivity contribution in [3.05, 3.63) is 34.1 Å². The van der Waals surface area contributed by atoms with Gasteiger partial charge in [0, 0.05) is 57.0 Å². The molecule has 138 valence electrons. The molecule has 0 aliphatic heterocycles. The number of halogens is 3. The van der Waals surface area contributed by atoms with Crippen molar-refractivity contribution in [1.82, 2.24) is 15.5 Å². The number of benzene rings is 1. The third-order valence-corrected chi connectivity index (χ3v) is 3.85. The lowest BCUT2D eigenvalue weighted by molar-refractivity contribution is 0.180. The van der Waals surface area contributed by atoms with Gasteiger partial charge in [-0.05, 0) is 31.7 Å². The Morgan fingerprint density at radius 2 is 2.08 bits per heavy atom. The highest BCUT2D eigenvalue weighted by atomic mass is 127. The summed E-state index contributed by atoms with van der Waals surface area (Å²) in [6.45, 7) is 3.82. The average Bonchev–Trinajstić information content (AvgIpc) is 2.54. The number of hydrogen-bond acceptors (Lipinski definition) is 3. The number of guanidine groups is 1. The number of rotatable bonds is 9. The molecule has 0 heterocycles. The van der Waals surface area contributed by atoms with Gasteiger partial charge in [0.2, 0.25) is 0 Å². The fourth-order valence-electron chi connectivity index (χ4n) is 2.03. The van der Waals surface area contributed by atoms with Crippen LogP contribution in [0.3, 0.4) is 0 Å². The van der Waals surface area contributed by atoms with Crippen molar-refractivity contribution < 1.29 is 9.13 Å². The van der Waals surface area contributed by atoms with Crippen molar-refractivity contribution in [2.45, 2.75) is 13.0 Å². The van der Waals surface area contributed by atoms with Crippen LogP contribution in [0.2, 0.25) is 0 Å². The molecule has 0 aliphatic rings. The fraction of sp³-hybridized carbons (Fsp3) is 0.562. The summed E-state index contributed by atoms with van der Waals surface area (Å²) in [6.07, 6.45) is 1.02. The van der Waals surface area contributed by atoms with Gasteiger partial charge in [-0.15, -0.1) is 24.0 Å². The van der Waals surface area contributed by atoms with Gasteiger partial charge in [-0.1, -0.05) is 15.9 Å². The van der Waals surface area contributed by atoms with Gasteiger partial charge in [0.15, 0.2) is 5.96 Å². The Bertz CT molecular complexity index is 505. The zero-order valence-electron chi connectivity index (χ0n) is 14.4. The summed E-state index contributed by atoms with van der Waals surface area (Å²) in [5.74, 6) is 0.434. The Balaban J connectivity index is 0.00000529. The zero-order chi connectivity index (χ0) is 17.1. The molecule has 0 radical (unpaired) electrons. The van der Waals surface area contributed by atoms with E-state index in [1.807, 2.05) is 0 Å². The van der Waals surface area contributed by atoms with E-state index in [9.17, 15) is 4.39 Å². The van der Waals surface area contributed by atoms with Gasteiger partial charge in [-0.25, -0.2) is 4.39 Å². The van der Waals surface area contributed by atoms with E-state index in [2.05, 4.69) is 43.5 Å². The van der Waals surface area contributed by atoms with E-state index in [-0.39, 0.29) is 29.8 Å². The van der Waals surface area contributed by atoms with Gasteiger partial charge >= 0.3 is 0 Å². The summed E-state index contributed by atoms with van der Waals surface area (Å²) in [6, 6.07) is 4.90. The van der Waals surface area contributed by atoms with Crippen LogP contribution in [0.4, 0.5) is 4.39 Å². The van der Waals surface area contributed by atoms with Crippen LogP contribution in [0.25, 0.3) is 0 Å². The molecule has 24 heavy (non-hydrogen) atoms. The lowest BCUT2D eigenvalue weighted by Gasteiger charge is -2.18. The minimum Gasteiger partial charge on any atom is -0.385 e. The quantitative estimate of drug-likeness (QED) is 0.229. The Labute approximate surface area is 169 Å². The molecular weight excluding hydrogens is 490 g/mol. The summed E-state index contributed by atoms with van der Waals surface area (Å²) < 4.78 is 19.6. The molecule has 0 aliphatic carbocycles. The van der Waals surface area contributed by atoms with Crippen molar-refractivity contribution >= 4 is 45.9 Å². The lowest BCUT2D eigenvalue weighted by atomic mass is 10.2. The maximum atomic E-state index is 13.7. The summed E-state index contributed by atoms with van der Waals surface area (Å²) in [5, 5.41) is 6.35. The molecular formula is C16H27BrFIN4O. The molecule has 0 saturated heterocycles. The van der Waals surface area contributed by atoms with Crippen LogP contribution in [0.5, 0.6) is 0 Å². The minimum atomic E-state index is -0.228. The highest BCUT2D eigenvalue weighted by Crippen LogP contribution is 2.15. The number of methoxy groups -OCH3 is 1. The fourth-order valence-corrected chi connectivity index (χ4v) is 2.44. The topological polar surface area (TPSA) is 48.9 Å². The van der Waals surface area contributed by atoms with E-state index in [0.29, 0.717) is 18.1 Å². The Kier molecular flexibility index (Phi) is 13.5. The van der Waals surface area contributed by atoms with Gasteiger partial charge in [0.25, 0.3) is 0 Å². The first-order chi connectivity index (χ1) is 11.1. The number of aliphatic imine (C=N–C) groups is 1. The number of nitrogens with one attached hydrogen (secondary N) is 2.